The summed E-state index contributed by atoms with van der Waals surface area (Å²) in [5.74, 6) is 0.244. The van der Waals surface area contributed by atoms with Crippen LogP contribution in [-0.2, 0) is 22.5 Å². The highest BCUT2D eigenvalue weighted by molar-refractivity contribution is 7.10. The zero-order valence-corrected chi connectivity index (χ0v) is 12.1. The van der Waals surface area contributed by atoms with Crippen molar-refractivity contribution in [3.8, 4) is 0 Å². The second kappa shape index (κ2) is 5.61. The van der Waals surface area contributed by atoms with Crippen LogP contribution in [0.1, 0.15) is 17.4 Å². The van der Waals surface area contributed by atoms with Gasteiger partial charge in [-0.05, 0) is 30.4 Å². The highest BCUT2D eigenvalue weighted by Crippen LogP contribution is 2.23. The Balaban J connectivity index is 1.56. The maximum Gasteiger partial charge on any atom is 0.236 e. The molecule has 5 heteroatoms. The van der Waals surface area contributed by atoms with E-state index in [-0.39, 0.29) is 12.0 Å². The third-order valence-electron chi connectivity index (χ3n) is 3.84. The summed E-state index contributed by atoms with van der Waals surface area (Å²) in [7, 11) is 0. The van der Waals surface area contributed by atoms with Gasteiger partial charge in [0.05, 0.1) is 19.3 Å². The van der Waals surface area contributed by atoms with Crippen LogP contribution in [0.2, 0.25) is 0 Å². The Kier molecular flexibility index (Phi) is 3.86. The number of morpholine rings is 1. The molecule has 1 aromatic heterocycles. The van der Waals surface area contributed by atoms with Crippen LogP contribution in [0.25, 0.3) is 0 Å². The molecular formula is C14H20N2O2S. The Hall–Kier alpha value is -0.910. The Labute approximate surface area is 118 Å². The zero-order valence-electron chi connectivity index (χ0n) is 11.3. The monoisotopic (exact) mass is 280 g/mol. The van der Waals surface area contributed by atoms with Crippen molar-refractivity contribution in [3.05, 3.63) is 21.9 Å². The van der Waals surface area contributed by atoms with E-state index in [1.54, 1.807) is 0 Å². The molecule has 0 aliphatic carbocycles. The predicted molar refractivity (Wildman–Crippen MR) is 75.3 cm³/mol. The number of amides is 1. The second-order valence-electron chi connectivity index (χ2n) is 5.35. The van der Waals surface area contributed by atoms with Crippen molar-refractivity contribution in [1.29, 1.82) is 0 Å². The summed E-state index contributed by atoms with van der Waals surface area (Å²) >= 11 is 1.84. The van der Waals surface area contributed by atoms with E-state index in [1.165, 1.54) is 10.4 Å². The molecule has 1 fully saturated rings. The molecule has 0 aromatic carbocycles. The molecule has 0 saturated carbocycles. The average molecular weight is 280 g/mol. The van der Waals surface area contributed by atoms with Gasteiger partial charge in [0.25, 0.3) is 0 Å². The van der Waals surface area contributed by atoms with E-state index in [2.05, 4.69) is 16.3 Å². The number of hydrogen-bond acceptors (Lipinski definition) is 4. The fourth-order valence-electron chi connectivity index (χ4n) is 2.78. The molecule has 0 radical (unpaired) electrons. The van der Waals surface area contributed by atoms with E-state index in [9.17, 15) is 4.79 Å². The Bertz CT molecular complexity index is 460. The van der Waals surface area contributed by atoms with Crippen LogP contribution in [-0.4, -0.2) is 54.6 Å². The Morgan fingerprint density at radius 3 is 3.26 bits per heavy atom. The van der Waals surface area contributed by atoms with Crippen molar-refractivity contribution in [2.45, 2.75) is 26.0 Å². The number of hydrogen-bond donors (Lipinski definition) is 0. The van der Waals surface area contributed by atoms with Gasteiger partial charge in [-0.15, -0.1) is 11.3 Å². The van der Waals surface area contributed by atoms with Gasteiger partial charge in [-0.1, -0.05) is 0 Å². The highest BCUT2D eigenvalue weighted by atomic mass is 32.1. The summed E-state index contributed by atoms with van der Waals surface area (Å²) in [6, 6.07) is 2.19. The van der Waals surface area contributed by atoms with Gasteiger partial charge in [-0.2, -0.15) is 0 Å². The minimum absolute atomic E-state index is 0.169. The normalized spacial score (nSPS) is 24.3. The smallest absolute Gasteiger partial charge is 0.236 e. The molecular weight excluding hydrogens is 260 g/mol. The van der Waals surface area contributed by atoms with Gasteiger partial charge in [0.1, 0.15) is 0 Å². The van der Waals surface area contributed by atoms with Crippen LogP contribution < -0.4 is 0 Å². The maximum absolute atomic E-state index is 12.3. The van der Waals surface area contributed by atoms with Gasteiger partial charge in [0, 0.05) is 31.1 Å². The molecule has 104 valence electrons. The molecule has 0 bridgehead atoms. The van der Waals surface area contributed by atoms with Gasteiger partial charge in [0.15, 0.2) is 0 Å². The number of carbonyl (C=O) groups is 1. The van der Waals surface area contributed by atoms with Crippen molar-refractivity contribution in [3.63, 3.8) is 0 Å². The van der Waals surface area contributed by atoms with Gasteiger partial charge in [-0.3, -0.25) is 9.69 Å². The molecule has 3 heterocycles. The third-order valence-corrected chi connectivity index (χ3v) is 4.86. The lowest BCUT2D eigenvalue weighted by Gasteiger charge is -2.34. The van der Waals surface area contributed by atoms with Crippen molar-refractivity contribution >= 4 is 17.2 Å². The summed E-state index contributed by atoms with van der Waals surface area (Å²) in [5, 5.41) is 2.15. The molecule has 2 aliphatic rings. The maximum atomic E-state index is 12.3. The molecule has 0 unspecified atom stereocenters. The SMILES string of the molecule is C[C@H]1CN(C(=O)CN2CCc3sccc3C2)CCO1. The zero-order chi connectivity index (χ0) is 13.2. The topological polar surface area (TPSA) is 32.8 Å². The second-order valence-corrected chi connectivity index (χ2v) is 6.35. The van der Waals surface area contributed by atoms with E-state index in [0.29, 0.717) is 13.2 Å². The lowest BCUT2D eigenvalue weighted by Crippen LogP contribution is -2.48. The van der Waals surface area contributed by atoms with Crippen LogP contribution in [0.5, 0.6) is 0 Å². The molecule has 1 saturated heterocycles. The molecule has 19 heavy (non-hydrogen) atoms. The van der Waals surface area contributed by atoms with Gasteiger partial charge in [0.2, 0.25) is 5.91 Å². The first-order chi connectivity index (χ1) is 9.22. The number of ether oxygens (including phenoxy) is 1. The summed E-state index contributed by atoms with van der Waals surface area (Å²) in [6.45, 7) is 6.63. The van der Waals surface area contributed by atoms with Crippen molar-refractivity contribution in [2.75, 3.05) is 32.8 Å². The number of rotatable bonds is 2. The number of fused-ring (bicyclic) bond motifs is 1. The Morgan fingerprint density at radius 2 is 2.42 bits per heavy atom. The van der Waals surface area contributed by atoms with E-state index in [4.69, 9.17) is 4.74 Å². The van der Waals surface area contributed by atoms with E-state index in [0.717, 1.165) is 32.6 Å². The molecule has 0 N–H and O–H groups in total. The van der Waals surface area contributed by atoms with E-state index in [1.807, 2.05) is 23.2 Å². The molecule has 1 amide bonds. The van der Waals surface area contributed by atoms with Crippen LogP contribution in [0.15, 0.2) is 11.4 Å². The number of thiophene rings is 1. The first-order valence-electron chi connectivity index (χ1n) is 6.89. The van der Waals surface area contributed by atoms with Crippen molar-refractivity contribution in [1.82, 2.24) is 9.80 Å². The van der Waals surface area contributed by atoms with Gasteiger partial charge in [-0.25, -0.2) is 0 Å². The molecule has 1 atom stereocenters. The van der Waals surface area contributed by atoms with Gasteiger partial charge < -0.3 is 9.64 Å². The quantitative estimate of drug-likeness (QED) is 0.820. The van der Waals surface area contributed by atoms with Gasteiger partial charge >= 0.3 is 0 Å². The minimum atomic E-state index is 0.169. The summed E-state index contributed by atoms with van der Waals surface area (Å²) in [6.07, 6.45) is 1.25. The summed E-state index contributed by atoms with van der Waals surface area (Å²) < 4.78 is 5.48. The fraction of sp³-hybridized carbons (Fsp3) is 0.643. The van der Waals surface area contributed by atoms with Crippen molar-refractivity contribution < 1.29 is 9.53 Å². The summed E-state index contributed by atoms with van der Waals surface area (Å²) in [4.78, 5) is 18.0. The van der Waals surface area contributed by atoms with E-state index < -0.39 is 0 Å². The molecule has 4 nitrogen and oxygen atoms in total. The lowest BCUT2D eigenvalue weighted by atomic mass is 10.1. The predicted octanol–water partition coefficient (Wildman–Crippen LogP) is 1.35. The van der Waals surface area contributed by atoms with Crippen LogP contribution in [0, 0.1) is 0 Å². The average Bonchev–Trinajstić information content (AvgIpc) is 2.86. The molecule has 1 aromatic rings. The fourth-order valence-corrected chi connectivity index (χ4v) is 3.67. The number of carbonyl (C=O) groups excluding carboxylic acids is 1. The first kappa shape index (κ1) is 13.1. The summed E-state index contributed by atoms with van der Waals surface area (Å²) in [5.41, 5.74) is 1.40. The molecule has 0 spiro atoms. The number of nitrogens with zero attached hydrogens (tertiary/aromatic N) is 2. The Morgan fingerprint density at radius 1 is 1.53 bits per heavy atom. The first-order valence-corrected chi connectivity index (χ1v) is 7.77. The molecule has 3 rings (SSSR count). The highest BCUT2D eigenvalue weighted by Gasteiger charge is 2.25. The van der Waals surface area contributed by atoms with Crippen LogP contribution in [0.4, 0.5) is 0 Å². The third kappa shape index (κ3) is 2.99. The van der Waals surface area contributed by atoms with Crippen LogP contribution in [0.3, 0.4) is 0 Å². The van der Waals surface area contributed by atoms with Crippen LogP contribution >= 0.6 is 11.3 Å². The molecule has 2 aliphatic heterocycles. The standard InChI is InChI=1S/C14H20N2O2S/c1-11-8-16(5-6-18-11)14(17)10-15-4-2-13-12(9-15)3-7-19-13/h3,7,11H,2,4-6,8-10H2,1H3/t11-/m0/s1. The largest absolute Gasteiger partial charge is 0.375 e. The van der Waals surface area contributed by atoms with Crippen molar-refractivity contribution in [2.24, 2.45) is 0 Å². The van der Waals surface area contributed by atoms with E-state index >= 15 is 0 Å². The lowest BCUT2D eigenvalue weighted by molar-refractivity contribution is -0.139. The minimum Gasteiger partial charge on any atom is -0.375 e.